The van der Waals surface area contributed by atoms with Crippen LogP contribution in [-0.2, 0) is 0 Å². The number of aromatic nitrogens is 1. The molecule has 0 saturated carbocycles. The Morgan fingerprint density at radius 1 is 1.25 bits per heavy atom. The summed E-state index contributed by atoms with van der Waals surface area (Å²) < 4.78 is 0. The van der Waals surface area contributed by atoms with Crippen molar-refractivity contribution >= 4 is 11.8 Å². The minimum absolute atomic E-state index is 0.118. The number of carbonyl (C=O) groups excluding carboxylic acids is 2. The van der Waals surface area contributed by atoms with E-state index < -0.39 is 0 Å². The number of aliphatic hydroxyl groups is 1. The fourth-order valence-electron chi connectivity index (χ4n) is 2.53. The molecule has 2 amide bonds. The number of rotatable bonds is 6. The summed E-state index contributed by atoms with van der Waals surface area (Å²) in [6.45, 7) is 8.19. The maximum atomic E-state index is 12.5. The van der Waals surface area contributed by atoms with Crippen molar-refractivity contribution in [3.05, 3.63) is 29.6 Å². The van der Waals surface area contributed by atoms with Crippen LogP contribution in [0.15, 0.2) is 18.3 Å². The van der Waals surface area contributed by atoms with Gasteiger partial charge in [-0.3, -0.25) is 19.5 Å². The van der Waals surface area contributed by atoms with Crippen LogP contribution in [0.4, 0.5) is 0 Å². The predicted octanol–water partition coefficient (Wildman–Crippen LogP) is 0.218. The first kappa shape index (κ1) is 18.4. The van der Waals surface area contributed by atoms with Gasteiger partial charge in [0.2, 0.25) is 0 Å². The van der Waals surface area contributed by atoms with Crippen LogP contribution >= 0.6 is 0 Å². The van der Waals surface area contributed by atoms with Crippen molar-refractivity contribution in [3.63, 3.8) is 0 Å². The Morgan fingerprint density at radius 2 is 1.96 bits per heavy atom. The molecular weight excluding hydrogens is 308 g/mol. The first-order valence-corrected chi connectivity index (χ1v) is 8.38. The van der Waals surface area contributed by atoms with Gasteiger partial charge >= 0.3 is 0 Å². The Balaban J connectivity index is 1.91. The van der Waals surface area contributed by atoms with Crippen molar-refractivity contribution < 1.29 is 14.7 Å². The van der Waals surface area contributed by atoms with Gasteiger partial charge in [0.05, 0.1) is 12.2 Å². The molecule has 132 valence electrons. The smallest absolute Gasteiger partial charge is 0.272 e. The van der Waals surface area contributed by atoms with Gasteiger partial charge in [-0.15, -0.1) is 0 Å². The lowest BCUT2D eigenvalue weighted by molar-refractivity contribution is 0.0609. The SMILES string of the molecule is CC(C)CNC(=O)c1ccc(C(=O)N2CCN(CCO)CC2)nc1. The number of piperazine rings is 1. The van der Waals surface area contributed by atoms with E-state index in [1.807, 2.05) is 13.8 Å². The number of amides is 2. The van der Waals surface area contributed by atoms with Crippen LogP contribution in [0.1, 0.15) is 34.7 Å². The first-order chi connectivity index (χ1) is 11.5. The summed E-state index contributed by atoms with van der Waals surface area (Å²) in [5.41, 5.74) is 0.811. The highest BCUT2D eigenvalue weighted by molar-refractivity contribution is 5.96. The number of pyridine rings is 1. The number of nitrogens with one attached hydrogen (secondary N) is 1. The van der Waals surface area contributed by atoms with E-state index in [0.717, 1.165) is 13.1 Å². The minimum atomic E-state index is -0.173. The third-order valence-electron chi connectivity index (χ3n) is 3.99. The molecule has 0 bridgehead atoms. The summed E-state index contributed by atoms with van der Waals surface area (Å²) in [7, 11) is 0. The molecule has 0 aromatic carbocycles. The van der Waals surface area contributed by atoms with E-state index in [1.165, 1.54) is 6.20 Å². The van der Waals surface area contributed by atoms with Gasteiger partial charge in [-0.25, -0.2) is 0 Å². The van der Waals surface area contributed by atoms with Crippen LogP contribution in [0.2, 0.25) is 0 Å². The summed E-state index contributed by atoms with van der Waals surface area (Å²) in [6.07, 6.45) is 1.45. The lowest BCUT2D eigenvalue weighted by atomic mass is 10.2. The van der Waals surface area contributed by atoms with Crippen LogP contribution in [0, 0.1) is 5.92 Å². The van der Waals surface area contributed by atoms with Crippen molar-refractivity contribution in [1.29, 1.82) is 0 Å². The molecule has 1 saturated heterocycles. The zero-order valence-electron chi connectivity index (χ0n) is 14.4. The fourth-order valence-corrected chi connectivity index (χ4v) is 2.53. The molecule has 1 aromatic heterocycles. The molecule has 0 spiro atoms. The van der Waals surface area contributed by atoms with Crippen LogP contribution in [-0.4, -0.2) is 77.6 Å². The quantitative estimate of drug-likeness (QED) is 0.777. The van der Waals surface area contributed by atoms with Gasteiger partial charge in [0, 0.05) is 45.5 Å². The molecule has 2 rings (SSSR count). The highest BCUT2D eigenvalue weighted by atomic mass is 16.3. The molecule has 7 nitrogen and oxygen atoms in total. The molecule has 2 heterocycles. The zero-order valence-corrected chi connectivity index (χ0v) is 14.4. The number of β-amino-alcohol motifs (C(OH)–C–C–N with tert-alkyl or cyclic N) is 1. The van der Waals surface area contributed by atoms with Crippen LogP contribution in [0.25, 0.3) is 0 Å². The number of carbonyl (C=O) groups is 2. The molecule has 2 N–H and O–H groups in total. The summed E-state index contributed by atoms with van der Waals surface area (Å²) in [5, 5.41) is 11.8. The Labute approximate surface area is 142 Å². The summed E-state index contributed by atoms with van der Waals surface area (Å²) in [5.74, 6) is 0.0906. The third kappa shape index (κ3) is 5.01. The van der Waals surface area contributed by atoms with Crippen molar-refractivity contribution in [3.8, 4) is 0 Å². The Hall–Kier alpha value is -1.99. The standard InChI is InChI=1S/C17H26N4O3/c1-13(2)11-19-16(23)14-3-4-15(18-12-14)17(24)21-7-5-20(6-8-21)9-10-22/h3-4,12-13,22H,5-11H2,1-2H3,(H,19,23). The predicted molar refractivity (Wildman–Crippen MR) is 90.8 cm³/mol. The number of nitrogens with zero attached hydrogens (tertiary/aromatic N) is 3. The molecule has 0 atom stereocenters. The van der Waals surface area contributed by atoms with Crippen molar-refractivity contribution in [2.75, 3.05) is 45.9 Å². The summed E-state index contributed by atoms with van der Waals surface area (Å²) in [6, 6.07) is 3.24. The van der Waals surface area contributed by atoms with Crippen molar-refractivity contribution in [1.82, 2.24) is 20.1 Å². The number of aliphatic hydroxyl groups excluding tert-OH is 1. The number of hydrogen-bond acceptors (Lipinski definition) is 5. The second kappa shape index (κ2) is 8.75. The first-order valence-electron chi connectivity index (χ1n) is 8.38. The fraction of sp³-hybridized carbons (Fsp3) is 0.588. The lowest BCUT2D eigenvalue weighted by Crippen LogP contribution is -2.49. The lowest BCUT2D eigenvalue weighted by Gasteiger charge is -2.34. The summed E-state index contributed by atoms with van der Waals surface area (Å²) in [4.78, 5) is 32.4. The van der Waals surface area contributed by atoms with Crippen molar-refractivity contribution in [2.24, 2.45) is 5.92 Å². The van der Waals surface area contributed by atoms with E-state index in [1.54, 1.807) is 17.0 Å². The van der Waals surface area contributed by atoms with Gasteiger partial charge in [-0.1, -0.05) is 13.8 Å². The molecule has 1 aromatic rings. The molecule has 1 aliphatic rings. The second-order valence-corrected chi connectivity index (χ2v) is 6.39. The van der Waals surface area contributed by atoms with Crippen LogP contribution in [0.5, 0.6) is 0 Å². The average molecular weight is 334 g/mol. The van der Waals surface area contributed by atoms with E-state index in [0.29, 0.717) is 43.4 Å². The highest BCUT2D eigenvalue weighted by Gasteiger charge is 2.22. The number of hydrogen-bond donors (Lipinski definition) is 2. The van der Waals surface area contributed by atoms with Gasteiger partial charge in [-0.05, 0) is 18.1 Å². The Morgan fingerprint density at radius 3 is 2.50 bits per heavy atom. The molecule has 24 heavy (non-hydrogen) atoms. The Bertz CT molecular complexity index is 551. The van der Waals surface area contributed by atoms with Gasteiger partial charge in [-0.2, -0.15) is 0 Å². The van der Waals surface area contributed by atoms with E-state index in [-0.39, 0.29) is 18.4 Å². The molecule has 1 aliphatic heterocycles. The summed E-state index contributed by atoms with van der Waals surface area (Å²) >= 11 is 0. The average Bonchev–Trinajstić information content (AvgIpc) is 2.60. The monoisotopic (exact) mass is 334 g/mol. The van der Waals surface area contributed by atoms with Crippen molar-refractivity contribution in [2.45, 2.75) is 13.8 Å². The van der Waals surface area contributed by atoms with Crippen LogP contribution < -0.4 is 5.32 Å². The molecule has 7 heteroatoms. The molecule has 0 unspecified atom stereocenters. The molecular formula is C17H26N4O3. The minimum Gasteiger partial charge on any atom is -0.395 e. The van der Waals surface area contributed by atoms with E-state index >= 15 is 0 Å². The largest absolute Gasteiger partial charge is 0.395 e. The van der Waals surface area contributed by atoms with Gasteiger partial charge < -0.3 is 15.3 Å². The van der Waals surface area contributed by atoms with E-state index in [2.05, 4.69) is 15.2 Å². The maximum absolute atomic E-state index is 12.5. The zero-order chi connectivity index (χ0) is 17.5. The van der Waals surface area contributed by atoms with E-state index in [9.17, 15) is 9.59 Å². The third-order valence-corrected chi connectivity index (χ3v) is 3.99. The second-order valence-electron chi connectivity index (χ2n) is 6.39. The van der Waals surface area contributed by atoms with Gasteiger partial charge in [0.25, 0.3) is 11.8 Å². The topological polar surface area (TPSA) is 85.8 Å². The van der Waals surface area contributed by atoms with Gasteiger partial charge in [0.1, 0.15) is 5.69 Å². The van der Waals surface area contributed by atoms with E-state index in [4.69, 9.17) is 5.11 Å². The van der Waals surface area contributed by atoms with Crippen LogP contribution in [0.3, 0.4) is 0 Å². The highest BCUT2D eigenvalue weighted by Crippen LogP contribution is 2.08. The molecule has 0 aliphatic carbocycles. The normalized spacial score (nSPS) is 15.6. The molecule has 0 radical (unpaired) electrons. The molecule has 1 fully saturated rings. The maximum Gasteiger partial charge on any atom is 0.272 e. The Kier molecular flexibility index (Phi) is 6.69. The van der Waals surface area contributed by atoms with Gasteiger partial charge in [0.15, 0.2) is 0 Å².